The quantitative estimate of drug-likeness (QED) is 0.487. The van der Waals surface area contributed by atoms with Crippen molar-refractivity contribution in [1.29, 1.82) is 0 Å². The highest BCUT2D eigenvalue weighted by Gasteiger charge is 2.26. The molecule has 1 aliphatic rings. The Morgan fingerprint density at radius 1 is 1.60 bits per heavy atom. The SMILES string of the molecule is NC(=O)C1CCOCC1N. The summed E-state index contributed by atoms with van der Waals surface area (Å²) in [6, 6.07) is -0.203. The molecule has 2 atom stereocenters. The van der Waals surface area contributed by atoms with E-state index in [-0.39, 0.29) is 17.9 Å². The van der Waals surface area contributed by atoms with Crippen molar-refractivity contribution < 1.29 is 9.53 Å². The van der Waals surface area contributed by atoms with Gasteiger partial charge in [-0.15, -0.1) is 0 Å². The third-order valence-electron chi connectivity index (χ3n) is 1.77. The van der Waals surface area contributed by atoms with Crippen molar-refractivity contribution in [3.05, 3.63) is 0 Å². The molecule has 10 heavy (non-hydrogen) atoms. The van der Waals surface area contributed by atoms with Gasteiger partial charge in [0.1, 0.15) is 0 Å². The molecule has 1 rings (SSSR count). The lowest BCUT2D eigenvalue weighted by molar-refractivity contribution is -0.125. The minimum Gasteiger partial charge on any atom is -0.380 e. The number of hydrogen-bond acceptors (Lipinski definition) is 3. The van der Waals surface area contributed by atoms with Crippen LogP contribution in [0.3, 0.4) is 0 Å². The summed E-state index contributed by atoms with van der Waals surface area (Å²) in [5, 5.41) is 0. The Morgan fingerprint density at radius 2 is 2.30 bits per heavy atom. The van der Waals surface area contributed by atoms with Crippen molar-refractivity contribution in [3.8, 4) is 0 Å². The normalized spacial score (nSPS) is 33.7. The Hall–Kier alpha value is -0.610. The maximum Gasteiger partial charge on any atom is 0.222 e. The van der Waals surface area contributed by atoms with Crippen molar-refractivity contribution in [2.75, 3.05) is 13.2 Å². The summed E-state index contributed by atoms with van der Waals surface area (Å²) in [7, 11) is 0. The molecule has 1 aliphatic heterocycles. The number of ether oxygens (including phenoxy) is 1. The second-order valence-electron chi connectivity index (χ2n) is 2.54. The lowest BCUT2D eigenvalue weighted by Crippen LogP contribution is -2.45. The van der Waals surface area contributed by atoms with Crippen LogP contribution in [0.15, 0.2) is 0 Å². The molecule has 0 bridgehead atoms. The summed E-state index contributed by atoms with van der Waals surface area (Å²) >= 11 is 0. The zero-order chi connectivity index (χ0) is 7.56. The predicted molar refractivity (Wildman–Crippen MR) is 36.1 cm³/mol. The Morgan fingerprint density at radius 3 is 2.70 bits per heavy atom. The van der Waals surface area contributed by atoms with Crippen LogP contribution < -0.4 is 11.5 Å². The number of nitrogens with two attached hydrogens (primary N) is 2. The molecule has 1 amide bonds. The smallest absolute Gasteiger partial charge is 0.222 e. The van der Waals surface area contributed by atoms with E-state index >= 15 is 0 Å². The van der Waals surface area contributed by atoms with Crippen molar-refractivity contribution in [2.45, 2.75) is 12.5 Å². The first kappa shape index (κ1) is 7.50. The number of amides is 1. The Balaban J connectivity index is 2.47. The molecular weight excluding hydrogens is 132 g/mol. The van der Waals surface area contributed by atoms with E-state index in [1.807, 2.05) is 0 Å². The highest BCUT2D eigenvalue weighted by Crippen LogP contribution is 2.12. The molecular formula is C6H12N2O2. The molecule has 0 aliphatic carbocycles. The first-order valence-electron chi connectivity index (χ1n) is 3.34. The molecule has 4 N–H and O–H groups in total. The van der Waals surface area contributed by atoms with E-state index in [1.165, 1.54) is 0 Å². The van der Waals surface area contributed by atoms with Gasteiger partial charge < -0.3 is 16.2 Å². The summed E-state index contributed by atoms with van der Waals surface area (Å²) in [5.41, 5.74) is 10.6. The molecule has 0 spiro atoms. The highest BCUT2D eigenvalue weighted by atomic mass is 16.5. The van der Waals surface area contributed by atoms with Crippen LogP contribution in [0.2, 0.25) is 0 Å². The lowest BCUT2D eigenvalue weighted by atomic mass is 9.95. The van der Waals surface area contributed by atoms with Crippen LogP contribution in [0.4, 0.5) is 0 Å². The van der Waals surface area contributed by atoms with Crippen LogP contribution >= 0.6 is 0 Å². The van der Waals surface area contributed by atoms with Gasteiger partial charge in [0.25, 0.3) is 0 Å². The van der Waals surface area contributed by atoms with E-state index in [0.29, 0.717) is 19.6 Å². The minimum atomic E-state index is -0.309. The van der Waals surface area contributed by atoms with Gasteiger partial charge in [0.05, 0.1) is 12.5 Å². The molecule has 4 heteroatoms. The van der Waals surface area contributed by atoms with Gasteiger partial charge in [-0.05, 0) is 6.42 Å². The molecule has 0 aromatic carbocycles. The Kier molecular flexibility index (Phi) is 2.24. The molecule has 58 valence electrons. The third-order valence-corrected chi connectivity index (χ3v) is 1.77. The Labute approximate surface area is 59.5 Å². The molecule has 0 saturated carbocycles. The van der Waals surface area contributed by atoms with Gasteiger partial charge in [0.2, 0.25) is 5.91 Å². The van der Waals surface area contributed by atoms with Gasteiger partial charge in [0.15, 0.2) is 0 Å². The summed E-state index contributed by atoms with van der Waals surface area (Å²) in [4.78, 5) is 10.7. The van der Waals surface area contributed by atoms with Gasteiger partial charge in [-0.25, -0.2) is 0 Å². The molecule has 1 saturated heterocycles. The fourth-order valence-electron chi connectivity index (χ4n) is 1.11. The summed E-state index contributed by atoms with van der Waals surface area (Å²) in [6.07, 6.45) is 0.663. The standard InChI is InChI=1S/C6H12N2O2/c7-5-3-10-2-1-4(5)6(8)9/h4-5H,1-3,7H2,(H2,8,9). The zero-order valence-electron chi connectivity index (χ0n) is 5.75. The second kappa shape index (κ2) is 2.98. The van der Waals surface area contributed by atoms with Gasteiger partial charge >= 0.3 is 0 Å². The van der Waals surface area contributed by atoms with E-state index in [9.17, 15) is 4.79 Å². The Bertz CT molecular complexity index is 138. The minimum absolute atomic E-state index is 0.186. The average Bonchev–Trinajstić information content (AvgIpc) is 1.88. The fraction of sp³-hybridized carbons (Fsp3) is 0.833. The van der Waals surface area contributed by atoms with Crippen LogP contribution in [0, 0.1) is 5.92 Å². The van der Waals surface area contributed by atoms with Crippen LogP contribution in [0.25, 0.3) is 0 Å². The van der Waals surface area contributed by atoms with Crippen LogP contribution in [-0.2, 0) is 9.53 Å². The van der Waals surface area contributed by atoms with Gasteiger partial charge in [-0.3, -0.25) is 4.79 Å². The molecule has 4 nitrogen and oxygen atoms in total. The molecule has 2 unspecified atom stereocenters. The number of hydrogen-bond donors (Lipinski definition) is 2. The molecule has 0 aromatic rings. The maximum absolute atomic E-state index is 10.7. The van der Waals surface area contributed by atoms with Crippen LogP contribution in [-0.4, -0.2) is 25.2 Å². The molecule has 0 aromatic heterocycles. The number of carbonyl (C=O) groups excluding carboxylic acids is 1. The molecule has 0 radical (unpaired) electrons. The van der Waals surface area contributed by atoms with Crippen molar-refractivity contribution in [2.24, 2.45) is 17.4 Å². The zero-order valence-corrected chi connectivity index (χ0v) is 5.75. The molecule has 1 fully saturated rings. The monoisotopic (exact) mass is 144 g/mol. The number of carbonyl (C=O) groups is 1. The fourth-order valence-corrected chi connectivity index (χ4v) is 1.11. The van der Waals surface area contributed by atoms with Crippen LogP contribution in [0.5, 0.6) is 0 Å². The summed E-state index contributed by atoms with van der Waals surface area (Å²) in [5.74, 6) is -0.496. The number of primary amides is 1. The van der Waals surface area contributed by atoms with Crippen LogP contribution in [0.1, 0.15) is 6.42 Å². The van der Waals surface area contributed by atoms with Gasteiger partial charge in [0, 0.05) is 12.6 Å². The summed E-state index contributed by atoms with van der Waals surface area (Å²) in [6.45, 7) is 1.05. The van der Waals surface area contributed by atoms with E-state index in [1.54, 1.807) is 0 Å². The van der Waals surface area contributed by atoms with E-state index < -0.39 is 0 Å². The summed E-state index contributed by atoms with van der Waals surface area (Å²) < 4.78 is 5.03. The second-order valence-corrected chi connectivity index (χ2v) is 2.54. The van der Waals surface area contributed by atoms with Gasteiger partial charge in [-0.1, -0.05) is 0 Å². The lowest BCUT2D eigenvalue weighted by Gasteiger charge is -2.25. The molecule has 1 heterocycles. The highest BCUT2D eigenvalue weighted by molar-refractivity contribution is 5.77. The first-order valence-corrected chi connectivity index (χ1v) is 3.34. The van der Waals surface area contributed by atoms with E-state index in [4.69, 9.17) is 16.2 Å². The van der Waals surface area contributed by atoms with Crippen molar-refractivity contribution in [1.82, 2.24) is 0 Å². The van der Waals surface area contributed by atoms with Gasteiger partial charge in [-0.2, -0.15) is 0 Å². The maximum atomic E-state index is 10.7. The number of rotatable bonds is 1. The van der Waals surface area contributed by atoms with E-state index in [2.05, 4.69) is 0 Å². The predicted octanol–water partition coefficient (Wildman–Crippen LogP) is -1.16. The average molecular weight is 144 g/mol. The largest absolute Gasteiger partial charge is 0.380 e. The first-order chi connectivity index (χ1) is 4.72. The van der Waals surface area contributed by atoms with Crippen molar-refractivity contribution in [3.63, 3.8) is 0 Å². The van der Waals surface area contributed by atoms with Crippen molar-refractivity contribution >= 4 is 5.91 Å². The third kappa shape index (κ3) is 1.46. The topological polar surface area (TPSA) is 78.3 Å². The van der Waals surface area contributed by atoms with E-state index in [0.717, 1.165) is 0 Å².